The van der Waals surface area contributed by atoms with Gasteiger partial charge < -0.3 is 4.74 Å². The lowest BCUT2D eigenvalue weighted by Crippen LogP contribution is -2.24. The molecule has 0 atom stereocenters. The smallest absolute Gasteiger partial charge is 0.266 e. The summed E-state index contributed by atoms with van der Waals surface area (Å²) in [4.78, 5) is 30.5. The van der Waals surface area contributed by atoms with Crippen LogP contribution in [-0.4, -0.2) is 27.4 Å². The highest BCUT2D eigenvalue weighted by atomic mass is 79.9. The van der Waals surface area contributed by atoms with E-state index in [0.29, 0.717) is 27.5 Å². The van der Waals surface area contributed by atoms with E-state index in [1.54, 1.807) is 24.4 Å². The van der Waals surface area contributed by atoms with Crippen molar-refractivity contribution >= 4 is 50.7 Å². The molecule has 38 heavy (non-hydrogen) atoms. The molecule has 0 aliphatic heterocycles. The van der Waals surface area contributed by atoms with Gasteiger partial charge in [0.1, 0.15) is 11.5 Å². The van der Waals surface area contributed by atoms with Gasteiger partial charge >= 0.3 is 0 Å². The van der Waals surface area contributed by atoms with E-state index < -0.39 is 0 Å². The van der Waals surface area contributed by atoms with Crippen molar-refractivity contribution < 1.29 is 9.53 Å². The number of amides is 1. The summed E-state index contributed by atoms with van der Waals surface area (Å²) < 4.78 is 8.26. The number of fused-ring (bicyclic) bond motifs is 1. The van der Waals surface area contributed by atoms with E-state index >= 15 is 0 Å². The number of nitrogens with one attached hydrogen (secondary N) is 1. The van der Waals surface area contributed by atoms with Gasteiger partial charge in [-0.25, -0.2) is 10.4 Å². The first kappa shape index (κ1) is 25.4. The van der Waals surface area contributed by atoms with E-state index in [0.717, 1.165) is 15.8 Å². The largest absolute Gasteiger partial charge is 0.457 e. The monoisotopic (exact) mass is 584 g/mol. The highest BCUT2D eigenvalue weighted by molar-refractivity contribution is 9.10. The molecule has 0 bridgehead atoms. The number of thioether (sulfide) groups is 1. The molecule has 9 heteroatoms. The maximum atomic E-state index is 13.3. The molecule has 188 valence electrons. The van der Waals surface area contributed by atoms with Crippen LogP contribution in [-0.2, 0) is 4.79 Å². The number of carbonyl (C=O) groups excluding carboxylic acids is 1. The van der Waals surface area contributed by atoms with Gasteiger partial charge in [-0.05, 0) is 66.2 Å². The zero-order valence-electron chi connectivity index (χ0n) is 20.0. The summed E-state index contributed by atoms with van der Waals surface area (Å²) in [5, 5.41) is 5.00. The van der Waals surface area contributed by atoms with Gasteiger partial charge in [-0.3, -0.25) is 14.2 Å². The molecule has 0 unspecified atom stereocenters. The first-order valence-corrected chi connectivity index (χ1v) is 13.4. The van der Waals surface area contributed by atoms with Gasteiger partial charge in [-0.1, -0.05) is 70.2 Å². The second kappa shape index (κ2) is 11.9. The molecule has 0 fully saturated rings. The van der Waals surface area contributed by atoms with Gasteiger partial charge in [-0.2, -0.15) is 5.10 Å². The number of aromatic nitrogens is 2. The van der Waals surface area contributed by atoms with Crippen molar-refractivity contribution in [2.75, 3.05) is 5.75 Å². The molecular weight excluding hydrogens is 564 g/mol. The highest BCUT2D eigenvalue weighted by Crippen LogP contribution is 2.23. The van der Waals surface area contributed by atoms with Gasteiger partial charge in [-0.15, -0.1) is 0 Å². The fraction of sp³-hybridized carbons (Fsp3) is 0.0345. The summed E-state index contributed by atoms with van der Waals surface area (Å²) in [7, 11) is 0. The summed E-state index contributed by atoms with van der Waals surface area (Å²) in [6, 6.07) is 31.4. The fourth-order valence-corrected chi connectivity index (χ4v) is 4.72. The molecule has 4 aromatic carbocycles. The third-order valence-electron chi connectivity index (χ3n) is 5.40. The number of carbonyl (C=O) groups is 1. The number of benzene rings is 4. The lowest BCUT2D eigenvalue weighted by Gasteiger charge is -2.13. The number of hydrogen-bond donors (Lipinski definition) is 1. The average Bonchev–Trinajstić information content (AvgIpc) is 2.93. The highest BCUT2D eigenvalue weighted by Gasteiger charge is 2.14. The van der Waals surface area contributed by atoms with Gasteiger partial charge in [0.25, 0.3) is 11.5 Å². The van der Waals surface area contributed by atoms with Crippen LogP contribution in [0.3, 0.4) is 0 Å². The van der Waals surface area contributed by atoms with Crippen molar-refractivity contribution in [1.29, 1.82) is 0 Å². The second-order valence-corrected chi connectivity index (χ2v) is 9.96. The van der Waals surface area contributed by atoms with Crippen molar-refractivity contribution in [1.82, 2.24) is 15.0 Å². The minimum atomic E-state index is -0.326. The van der Waals surface area contributed by atoms with Crippen LogP contribution in [0.2, 0.25) is 0 Å². The number of ether oxygens (including phenoxy) is 1. The molecule has 7 nitrogen and oxygen atoms in total. The molecule has 0 aliphatic carbocycles. The van der Waals surface area contributed by atoms with Crippen molar-refractivity contribution in [3.8, 4) is 17.2 Å². The Labute approximate surface area is 231 Å². The topological polar surface area (TPSA) is 85.6 Å². The number of hydrazone groups is 1. The predicted molar refractivity (Wildman–Crippen MR) is 154 cm³/mol. The van der Waals surface area contributed by atoms with Crippen LogP contribution < -0.4 is 15.7 Å². The molecular formula is C29H21BrN4O3S. The average molecular weight is 585 g/mol. The molecule has 1 heterocycles. The Hall–Kier alpha value is -4.21. The summed E-state index contributed by atoms with van der Waals surface area (Å²) in [5.41, 5.74) is 4.34. The number of halogens is 1. The Kier molecular flexibility index (Phi) is 7.96. The van der Waals surface area contributed by atoms with Crippen molar-refractivity contribution in [2.45, 2.75) is 5.16 Å². The molecule has 1 N–H and O–H groups in total. The van der Waals surface area contributed by atoms with Gasteiger partial charge in [0.15, 0.2) is 5.16 Å². The molecule has 0 aliphatic rings. The van der Waals surface area contributed by atoms with E-state index in [4.69, 9.17) is 4.74 Å². The Morgan fingerprint density at radius 3 is 2.50 bits per heavy atom. The molecule has 0 saturated carbocycles. The van der Waals surface area contributed by atoms with Crippen LogP contribution in [0.1, 0.15) is 5.56 Å². The van der Waals surface area contributed by atoms with Gasteiger partial charge in [0.05, 0.1) is 28.6 Å². The second-order valence-electron chi connectivity index (χ2n) is 8.10. The third kappa shape index (κ3) is 6.19. The number of rotatable bonds is 8. The van der Waals surface area contributed by atoms with Crippen LogP contribution in [0.4, 0.5) is 0 Å². The van der Waals surface area contributed by atoms with E-state index in [9.17, 15) is 9.59 Å². The summed E-state index contributed by atoms with van der Waals surface area (Å²) in [6.45, 7) is 0. The van der Waals surface area contributed by atoms with Gasteiger partial charge in [0.2, 0.25) is 0 Å². The number of nitrogens with zero attached hydrogens (tertiary/aromatic N) is 3. The minimum Gasteiger partial charge on any atom is -0.457 e. The molecule has 0 spiro atoms. The molecule has 1 amide bonds. The standard InChI is InChI=1S/C29H21BrN4O3S/c30-21-13-15-22(16-14-21)34-28(36)25-11-4-5-12-26(25)32-29(34)38-19-27(35)33-31-18-20-7-6-10-24(17-20)37-23-8-2-1-3-9-23/h1-18H,19H2,(H,33,35). The van der Waals surface area contributed by atoms with Crippen molar-refractivity contribution in [3.63, 3.8) is 0 Å². The first-order valence-electron chi connectivity index (χ1n) is 11.6. The third-order valence-corrected chi connectivity index (χ3v) is 6.87. The molecule has 1 aromatic heterocycles. The first-order chi connectivity index (χ1) is 18.6. The Bertz CT molecular complexity index is 1670. The van der Waals surface area contributed by atoms with Gasteiger partial charge in [0, 0.05) is 4.47 Å². The van der Waals surface area contributed by atoms with Crippen LogP contribution in [0.25, 0.3) is 16.6 Å². The predicted octanol–water partition coefficient (Wildman–Crippen LogP) is 6.18. The van der Waals surface area contributed by atoms with Crippen LogP contribution in [0.5, 0.6) is 11.5 Å². The fourth-order valence-electron chi connectivity index (χ4n) is 3.65. The zero-order chi connectivity index (χ0) is 26.3. The quantitative estimate of drug-likeness (QED) is 0.102. The molecule has 5 rings (SSSR count). The lowest BCUT2D eigenvalue weighted by molar-refractivity contribution is -0.118. The van der Waals surface area contributed by atoms with E-state index in [1.807, 2.05) is 84.9 Å². The molecule has 0 radical (unpaired) electrons. The van der Waals surface area contributed by atoms with E-state index in [1.165, 1.54) is 16.3 Å². The summed E-state index contributed by atoms with van der Waals surface area (Å²) >= 11 is 4.59. The Balaban J connectivity index is 1.28. The zero-order valence-corrected chi connectivity index (χ0v) is 22.4. The van der Waals surface area contributed by atoms with E-state index in [-0.39, 0.29) is 17.2 Å². The lowest BCUT2D eigenvalue weighted by atomic mass is 10.2. The Morgan fingerprint density at radius 1 is 0.947 bits per heavy atom. The normalized spacial score (nSPS) is 11.1. The van der Waals surface area contributed by atoms with E-state index in [2.05, 4.69) is 31.4 Å². The number of hydrogen-bond acceptors (Lipinski definition) is 6. The minimum absolute atomic E-state index is 0.0236. The number of para-hydroxylation sites is 2. The van der Waals surface area contributed by atoms with Crippen molar-refractivity contribution in [3.05, 3.63) is 124 Å². The van der Waals surface area contributed by atoms with Crippen LogP contribution >= 0.6 is 27.7 Å². The SMILES string of the molecule is O=C(CSc1nc2ccccc2c(=O)n1-c1ccc(Br)cc1)NN=Cc1cccc(Oc2ccccc2)c1. The molecule has 0 saturated heterocycles. The Morgan fingerprint density at radius 2 is 1.68 bits per heavy atom. The van der Waals surface area contributed by atoms with Crippen molar-refractivity contribution in [2.24, 2.45) is 5.10 Å². The maximum Gasteiger partial charge on any atom is 0.266 e. The summed E-state index contributed by atoms with van der Waals surface area (Å²) in [5.74, 6) is 1.09. The van der Waals surface area contributed by atoms with Crippen LogP contribution in [0, 0.1) is 0 Å². The molecule has 5 aromatic rings. The van der Waals surface area contributed by atoms with Crippen LogP contribution in [0.15, 0.2) is 123 Å². The summed E-state index contributed by atoms with van der Waals surface area (Å²) in [6.07, 6.45) is 1.55. The maximum absolute atomic E-state index is 13.3.